The van der Waals surface area contributed by atoms with Crippen LogP contribution in [0.5, 0.6) is 0 Å². The van der Waals surface area contributed by atoms with Crippen LogP contribution in [0.25, 0.3) is 0 Å². The average Bonchev–Trinajstić information content (AvgIpc) is 2.32. The molecule has 0 radical (unpaired) electrons. The molecule has 1 saturated carbocycles. The van der Waals surface area contributed by atoms with Crippen molar-refractivity contribution < 1.29 is 14.3 Å². The molecule has 15 heavy (non-hydrogen) atoms. The number of nitrogens with two attached hydrogens (primary N) is 1. The Morgan fingerprint density at radius 1 is 1.40 bits per heavy atom. The van der Waals surface area contributed by atoms with Gasteiger partial charge in [0.15, 0.2) is 0 Å². The highest BCUT2D eigenvalue weighted by Crippen LogP contribution is 2.66. The lowest BCUT2D eigenvalue weighted by Crippen LogP contribution is -2.42. The predicted octanol–water partition coefficient (Wildman–Crippen LogP) is 0.984. The Bertz CT molecular complexity index is 350. The zero-order chi connectivity index (χ0) is 11.5. The van der Waals surface area contributed by atoms with Crippen molar-refractivity contribution in [1.82, 2.24) is 0 Å². The molecule has 2 atom stereocenters. The normalized spacial score (nSPS) is 41.7. The van der Waals surface area contributed by atoms with Crippen LogP contribution in [-0.4, -0.2) is 17.5 Å². The van der Waals surface area contributed by atoms with Crippen molar-refractivity contribution in [3.63, 3.8) is 0 Å². The second-order valence-corrected chi connectivity index (χ2v) is 5.47. The summed E-state index contributed by atoms with van der Waals surface area (Å²) in [5.74, 6) is -0.675. The minimum absolute atomic E-state index is 0.106. The average molecular weight is 211 g/mol. The maximum Gasteiger partial charge on any atom is 0.313 e. The largest absolute Gasteiger partial charge is 0.458 e. The molecule has 4 heteroatoms. The summed E-state index contributed by atoms with van der Waals surface area (Å²) in [6.07, 6.45) is 1.63. The highest BCUT2D eigenvalue weighted by molar-refractivity contribution is 5.89. The van der Waals surface area contributed by atoms with E-state index in [9.17, 15) is 9.59 Å². The van der Waals surface area contributed by atoms with Gasteiger partial charge in [0.1, 0.15) is 5.60 Å². The zero-order valence-corrected chi connectivity index (χ0v) is 9.42. The van der Waals surface area contributed by atoms with E-state index in [0.29, 0.717) is 6.42 Å². The SMILES string of the molecule is CC1(C)[C@]2(CC(N)=O)CC[C@]1(C)OC2=O. The Hall–Kier alpha value is -1.06. The van der Waals surface area contributed by atoms with Gasteiger partial charge in [-0.25, -0.2) is 0 Å². The molecular weight excluding hydrogens is 194 g/mol. The number of carbonyl (C=O) groups excluding carboxylic acids is 2. The van der Waals surface area contributed by atoms with Crippen molar-refractivity contribution in [3.05, 3.63) is 0 Å². The summed E-state index contributed by atoms with van der Waals surface area (Å²) in [5, 5.41) is 0. The highest BCUT2D eigenvalue weighted by atomic mass is 16.6. The second-order valence-electron chi connectivity index (χ2n) is 5.47. The minimum atomic E-state index is -0.687. The molecular formula is C11H17NO3. The molecule has 1 amide bonds. The van der Waals surface area contributed by atoms with Crippen LogP contribution in [0.1, 0.15) is 40.0 Å². The summed E-state index contributed by atoms with van der Waals surface area (Å²) in [6.45, 7) is 5.93. The molecule has 1 aliphatic heterocycles. The minimum Gasteiger partial charge on any atom is -0.458 e. The van der Waals surface area contributed by atoms with Crippen LogP contribution in [0.3, 0.4) is 0 Å². The van der Waals surface area contributed by atoms with Crippen molar-refractivity contribution in [2.45, 2.75) is 45.6 Å². The fourth-order valence-electron chi connectivity index (χ4n) is 3.10. The molecule has 1 saturated heterocycles. The summed E-state index contributed by atoms with van der Waals surface area (Å²) in [5.41, 5.74) is 3.80. The third kappa shape index (κ3) is 0.971. The number of amides is 1. The maximum absolute atomic E-state index is 11.9. The Morgan fingerprint density at radius 3 is 2.33 bits per heavy atom. The highest BCUT2D eigenvalue weighted by Gasteiger charge is 2.72. The van der Waals surface area contributed by atoms with Gasteiger partial charge in [0, 0.05) is 11.8 Å². The third-order valence-corrected chi connectivity index (χ3v) is 4.73. The first-order valence-electron chi connectivity index (χ1n) is 5.27. The molecule has 0 aromatic heterocycles. The Balaban J connectivity index is 2.47. The van der Waals surface area contributed by atoms with Gasteiger partial charge >= 0.3 is 5.97 Å². The lowest BCUT2D eigenvalue weighted by atomic mass is 9.64. The molecule has 1 heterocycles. The van der Waals surface area contributed by atoms with Crippen molar-refractivity contribution in [1.29, 1.82) is 0 Å². The molecule has 4 nitrogen and oxygen atoms in total. The molecule has 2 N–H and O–H groups in total. The second kappa shape index (κ2) is 2.54. The molecule has 2 aliphatic rings. The van der Waals surface area contributed by atoms with Crippen LogP contribution in [0.2, 0.25) is 0 Å². The van der Waals surface area contributed by atoms with Crippen molar-refractivity contribution in [2.24, 2.45) is 16.6 Å². The number of rotatable bonds is 2. The quantitative estimate of drug-likeness (QED) is 0.692. The third-order valence-electron chi connectivity index (χ3n) is 4.73. The molecule has 0 unspecified atom stereocenters. The first kappa shape index (κ1) is 10.5. The van der Waals surface area contributed by atoms with Crippen LogP contribution in [0, 0.1) is 10.8 Å². The van der Waals surface area contributed by atoms with E-state index in [-0.39, 0.29) is 17.8 Å². The van der Waals surface area contributed by atoms with Crippen molar-refractivity contribution in [2.75, 3.05) is 0 Å². The van der Waals surface area contributed by atoms with E-state index < -0.39 is 16.9 Å². The number of fused-ring (bicyclic) bond motifs is 2. The molecule has 0 spiro atoms. The van der Waals surface area contributed by atoms with Gasteiger partial charge in [-0.1, -0.05) is 13.8 Å². The van der Waals surface area contributed by atoms with E-state index in [1.54, 1.807) is 0 Å². The van der Waals surface area contributed by atoms with Crippen LogP contribution >= 0.6 is 0 Å². The number of carbonyl (C=O) groups is 2. The van der Waals surface area contributed by atoms with E-state index in [1.807, 2.05) is 20.8 Å². The fraction of sp³-hybridized carbons (Fsp3) is 0.818. The first-order chi connectivity index (χ1) is 6.75. The molecule has 0 aromatic carbocycles. The van der Waals surface area contributed by atoms with Crippen LogP contribution in [-0.2, 0) is 14.3 Å². The number of ether oxygens (including phenoxy) is 1. The van der Waals surface area contributed by atoms with Gasteiger partial charge < -0.3 is 10.5 Å². The summed E-state index contributed by atoms with van der Waals surface area (Å²) in [7, 11) is 0. The van der Waals surface area contributed by atoms with E-state index in [2.05, 4.69) is 0 Å². The Morgan fingerprint density at radius 2 is 2.00 bits per heavy atom. The molecule has 1 aliphatic carbocycles. The number of esters is 1. The van der Waals surface area contributed by atoms with E-state index >= 15 is 0 Å². The molecule has 84 valence electrons. The van der Waals surface area contributed by atoms with Gasteiger partial charge in [-0.05, 0) is 19.8 Å². The van der Waals surface area contributed by atoms with Gasteiger partial charge in [-0.2, -0.15) is 0 Å². The first-order valence-corrected chi connectivity index (χ1v) is 5.27. The van der Waals surface area contributed by atoms with E-state index in [4.69, 9.17) is 10.5 Å². The van der Waals surface area contributed by atoms with Gasteiger partial charge in [0.2, 0.25) is 5.91 Å². The maximum atomic E-state index is 11.9. The smallest absolute Gasteiger partial charge is 0.313 e. The number of hydrogen-bond acceptors (Lipinski definition) is 3. The summed E-state index contributed by atoms with van der Waals surface area (Å²) in [6, 6.07) is 0. The van der Waals surface area contributed by atoms with Gasteiger partial charge in [0.25, 0.3) is 0 Å². The molecule has 2 rings (SSSR count). The molecule has 2 bridgehead atoms. The van der Waals surface area contributed by atoms with E-state index in [1.165, 1.54) is 0 Å². The lowest BCUT2D eigenvalue weighted by molar-refractivity contribution is -0.160. The Labute approximate surface area is 89.2 Å². The van der Waals surface area contributed by atoms with Gasteiger partial charge in [0.05, 0.1) is 5.41 Å². The van der Waals surface area contributed by atoms with E-state index in [0.717, 1.165) is 6.42 Å². The van der Waals surface area contributed by atoms with Gasteiger partial charge in [-0.3, -0.25) is 9.59 Å². The summed E-state index contributed by atoms with van der Waals surface area (Å²) >= 11 is 0. The monoisotopic (exact) mass is 211 g/mol. The standard InChI is InChI=1S/C11H17NO3/c1-9(2)10(3)4-5-11(9,6-7(12)13)8(14)15-10/h4-6H2,1-3H3,(H2,12,13)/t10-,11-/m0/s1. The lowest BCUT2D eigenvalue weighted by Gasteiger charge is -2.35. The summed E-state index contributed by atoms with van der Waals surface area (Å²) < 4.78 is 5.42. The summed E-state index contributed by atoms with van der Waals surface area (Å²) in [4.78, 5) is 23.0. The zero-order valence-electron chi connectivity index (χ0n) is 9.42. The van der Waals surface area contributed by atoms with Crippen molar-refractivity contribution >= 4 is 11.9 Å². The van der Waals surface area contributed by atoms with Gasteiger partial charge in [-0.15, -0.1) is 0 Å². The van der Waals surface area contributed by atoms with Crippen LogP contribution in [0.15, 0.2) is 0 Å². The predicted molar refractivity (Wildman–Crippen MR) is 53.8 cm³/mol. The van der Waals surface area contributed by atoms with Crippen LogP contribution in [0.4, 0.5) is 0 Å². The Kier molecular flexibility index (Phi) is 1.77. The molecule has 2 fully saturated rings. The van der Waals surface area contributed by atoms with Crippen molar-refractivity contribution in [3.8, 4) is 0 Å². The molecule has 0 aromatic rings. The number of primary amides is 1. The fourth-order valence-corrected chi connectivity index (χ4v) is 3.10. The topological polar surface area (TPSA) is 69.4 Å². The number of hydrogen-bond donors (Lipinski definition) is 1. The van der Waals surface area contributed by atoms with Crippen LogP contribution < -0.4 is 5.73 Å².